The van der Waals surface area contributed by atoms with Gasteiger partial charge in [-0.25, -0.2) is 13.1 Å². The number of amides is 1. The van der Waals surface area contributed by atoms with E-state index in [1.165, 1.54) is 6.92 Å². The van der Waals surface area contributed by atoms with E-state index < -0.39 is 10.0 Å². The van der Waals surface area contributed by atoms with Crippen molar-refractivity contribution in [1.29, 1.82) is 0 Å². The molecule has 0 radical (unpaired) electrons. The minimum atomic E-state index is -3.57. The van der Waals surface area contributed by atoms with Crippen LogP contribution < -0.4 is 4.72 Å². The van der Waals surface area contributed by atoms with Gasteiger partial charge in [0.25, 0.3) is 0 Å². The SMILES string of the molecule is CCc1ccc(S(=O)(=O)NCCN(Cc2cccc(C)c2)C(C)=O)cc1. The van der Waals surface area contributed by atoms with Crippen molar-refractivity contribution in [1.82, 2.24) is 9.62 Å². The summed E-state index contributed by atoms with van der Waals surface area (Å²) in [4.78, 5) is 13.8. The summed E-state index contributed by atoms with van der Waals surface area (Å²) in [6.45, 7) is 6.46. The molecular weight excluding hydrogens is 348 g/mol. The molecule has 2 rings (SSSR count). The Hall–Kier alpha value is -2.18. The van der Waals surface area contributed by atoms with Gasteiger partial charge in [0.2, 0.25) is 15.9 Å². The van der Waals surface area contributed by atoms with Crippen LogP contribution in [-0.4, -0.2) is 32.3 Å². The topological polar surface area (TPSA) is 66.5 Å². The molecule has 2 aromatic carbocycles. The number of rotatable bonds is 8. The van der Waals surface area contributed by atoms with E-state index in [0.717, 1.165) is 23.1 Å². The van der Waals surface area contributed by atoms with Crippen LogP contribution in [0.3, 0.4) is 0 Å². The van der Waals surface area contributed by atoms with Gasteiger partial charge in [0, 0.05) is 26.6 Å². The first-order valence-electron chi connectivity index (χ1n) is 8.71. The summed E-state index contributed by atoms with van der Waals surface area (Å²) in [5.74, 6) is -0.0852. The molecule has 2 aromatic rings. The monoisotopic (exact) mass is 374 g/mol. The third kappa shape index (κ3) is 5.68. The summed E-state index contributed by atoms with van der Waals surface area (Å²) in [5, 5.41) is 0. The zero-order valence-corrected chi connectivity index (χ0v) is 16.3. The van der Waals surface area contributed by atoms with Gasteiger partial charge in [0.15, 0.2) is 0 Å². The Bertz CT molecular complexity index is 846. The van der Waals surface area contributed by atoms with Crippen molar-refractivity contribution in [2.75, 3.05) is 13.1 Å². The smallest absolute Gasteiger partial charge is 0.240 e. The van der Waals surface area contributed by atoms with Crippen LogP contribution in [0.25, 0.3) is 0 Å². The van der Waals surface area contributed by atoms with E-state index in [-0.39, 0.29) is 17.3 Å². The molecule has 0 aliphatic heterocycles. The zero-order valence-electron chi connectivity index (χ0n) is 15.5. The largest absolute Gasteiger partial charge is 0.337 e. The molecule has 0 unspecified atom stereocenters. The van der Waals surface area contributed by atoms with E-state index in [9.17, 15) is 13.2 Å². The molecule has 0 saturated heterocycles. The Morgan fingerprint density at radius 1 is 1.08 bits per heavy atom. The molecule has 26 heavy (non-hydrogen) atoms. The number of hydrogen-bond acceptors (Lipinski definition) is 3. The molecule has 0 heterocycles. The molecule has 0 spiro atoms. The Morgan fingerprint density at radius 3 is 2.35 bits per heavy atom. The fourth-order valence-electron chi connectivity index (χ4n) is 2.68. The summed E-state index contributed by atoms with van der Waals surface area (Å²) >= 11 is 0. The van der Waals surface area contributed by atoms with Gasteiger partial charge in [0.1, 0.15) is 0 Å². The molecular formula is C20H26N2O3S. The Balaban J connectivity index is 1.97. The maximum absolute atomic E-state index is 12.4. The van der Waals surface area contributed by atoms with Crippen LogP contribution in [0.2, 0.25) is 0 Å². The van der Waals surface area contributed by atoms with E-state index in [0.29, 0.717) is 13.1 Å². The predicted octanol–water partition coefficient (Wildman–Crippen LogP) is 2.88. The number of hydrogen-bond donors (Lipinski definition) is 1. The number of carbonyl (C=O) groups excluding carboxylic acids is 1. The molecule has 5 nitrogen and oxygen atoms in total. The van der Waals surface area contributed by atoms with Crippen LogP contribution >= 0.6 is 0 Å². The summed E-state index contributed by atoms with van der Waals surface area (Å²) in [5.41, 5.74) is 3.24. The van der Waals surface area contributed by atoms with E-state index in [1.54, 1.807) is 17.0 Å². The molecule has 0 atom stereocenters. The van der Waals surface area contributed by atoms with Gasteiger partial charge in [-0.05, 0) is 36.6 Å². The van der Waals surface area contributed by atoms with Crippen molar-refractivity contribution < 1.29 is 13.2 Å². The number of nitrogens with zero attached hydrogens (tertiary/aromatic N) is 1. The molecule has 0 aromatic heterocycles. The third-order valence-electron chi connectivity index (χ3n) is 4.22. The fraction of sp³-hybridized carbons (Fsp3) is 0.350. The van der Waals surface area contributed by atoms with E-state index in [1.807, 2.05) is 50.2 Å². The normalized spacial score (nSPS) is 11.3. The lowest BCUT2D eigenvalue weighted by Gasteiger charge is -2.21. The molecule has 0 aliphatic carbocycles. The number of carbonyl (C=O) groups is 1. The maximum atomic E-state index is 12.4. The van der Waals surface area contributed by atoms with Crippen molar-refractivity contribution in [3.8, 4) is 0 Å². The van der Waals surface area contributed by atoms with Gasteiger partial charge in [-0.1, -0.05) is 48.9 Å². The first-order valence-corrected chi connectivity index (χ1v) is 10.2. The summed E-state index contributed by atoms with van der Waals surface area (Å²) in [7, 11) is -3.57. The average Bonchev–Trinajstić information content (AvgIpc) is 2.60. The highest BCUT2D eigenvalue weighted by molar-refractivity contribution is 7.89. The zero-order chi connectivity index (χ0) is 19.2. The fourth-order valence-corrected chi connectivity index (χ4v) is 3.70. The van der Waals surface area contributed by atoms with Crippen molar-refractivity contribution in [3.05, 3.63) is 65.2 Å². The number of sulfonamides is 1. The number of benzene rings is 2. The molecule has 140 valence electrons. The lowest BCUT2D eigenvalue weighted by Crippen LogP contribution is -2.37. The minimum absolute atomic E-state index is 0.0852. The van der Waals surface area contributed by atoms with Crippen LogP contribution in [0.1, 0.15) is 30.5 Å². The standard InChI is InChI=1S/C20H26N2O3S/c1-4-18-8-10-20(11-9-18)26(24,25)21-12-13-22(17(3)23)15-19-7-5-6-16(2)14-19/h5-11,14,21H,4,12-13,15H2,1-3H3. The van der Waals surface area contributed by atoms with Gasteiger partial charge < -0.3 is 4.90 Å². The van der Waals surface area contributed by atoms with E-state index >= 15 is 0 Å². The first kappa shape index (κ1) is 20.1. The van der Waals surface area contributed by atoms with E-state index in [2.05, 4.69) is 4.72 Å². The summed E-state index contributed by atoms with van der Waals surface area (Å²) < 4.78 is 27.3. The Kier molecular flexibility index (Phi) is 6.94. The Morgan fingerprint density at radius 2 is 1.77 bits per heavy atom. The summed E-state index contributed by atoms with van der Waals surface area (Å²) in [6.07, 6.45) is 0.861. The van der Waals surface area contributed by atoms with Crippen molar-refractivity contribution in [2.45, 2.75) is 38.6 Å². The third-order valence-corrected chi connectivity index (χ3v) is 5.69. The second-order valence-corrected chi connectivity index (χ2v) is 8.09. The highest BCUT2D eigenvalue weighted by Gasteiger charge is 2.15. The van der Waals surface area contributed by atoms with Crippen LogP contribution in [0.15, 0.2) is 53.4 Å². The number of aryl methyl sites for hydroxylation is 2. The second kappa shape index (κ2) is 8.96. The minimum Gasteiger partial charge on any atom is -0.337 e. The molecule has 0 fully saturated rings. The maximum Gasteiger partial charge on any atom is 0.240 e. The van der Waals surface area contributed by atoms with Gasteiger partial charge >= 0.3 is 0 Å². The second-order valence-electron chi connectivity index (χ2n) is 6.32. The van der Waals surface area contributed by atoms with Crippen molar-refractivity contribution in [3.63, 3.8) is 0 Å². The Labute approximate surface area is 156 Å². The van der Waals surface area contributed by atoms with Crippen LogP contribution in [0, 0.1) is 6.92 Å². The van der Waals surface area contributed by atoms with Crippen LogP contribution in [-0.2, 0) is 27.8 Å². The molecule has 0 bridgehead atoms. The van der Waals surface area contributed by atoms with E-state index in [4.69, 9.17) is 0 Å². The van der Waals surface area contributed by atoms with Crippen molar-refractivity contribution >= 4 is 15.9 Å². The van der Waals surface area contributed by atoms with Crippen LogP contribution in [0.5, 0.6) is 0 Å². The lowest BCUT2D eigenvalue weighted by atomic mass is 10.1. The molecule has 6 heteroatoms. The molecule has 0 aliphatic rings. The quantitative estimate of drug-likeness (QED) is 0.773. The van der Waals surface area contributed by atoms with Gasteiger partial charge in [-0.2, -0.15) is 0 Å². The van der Waals surface area contributed by atoms with Gasteiger partial charge in [-0.15, -0.1) is 0 Å². The summed E-state index contributed by atoms with van der Waals surface area (Å²) in [6, 6.07) is 14.8. The van der Waals surface area contributed by atoms with Crippen molar-refractivity contribution in [2.24, 2.45) is 0 Å². The van der Waals surface area contributed by atoms with Gasteiger partial charge in [0.05, 0.1) is 4.90 Å². The highest BCUT2D eigenvalue weighted by Crippen LogP contribution is 2.11. The average molecular weight is 375 g/mol. The molecule has 0 saturated carbocycles. The predicted molar refractivity (Wildman–Crippen MR) is 103 cm³/mol. The number of nitrogens with one attached hydrogen (secondary N) is 1. The molecule has 1 N–H and O–H groups in total. The lowest BCUT2D eigenvalue weighted by molar-refractivity contribution is -0.129. The first-order chi connectivity index (χ1) is 12.3. The highest BCUT2D eigenvalue weighted by atomic mass is 32.2. The molecule has 1 amide bonds. The van der Waals surface area contributed by atoms with Gasteiger partial charge in [-0.3, -0.25) is 4.79 Å². The van der Waals surface area contributed by atoms with Crippen LogP contribution in [0.4, 0.5) is 0 Å².